The first-order valence-electron chi connectivity index (χ1n) is 5.98. The van der Waals surface area contributed by atoms with Crippen LogP contribution >= 0.6 is 11.6 Å². The van der Waals surface area contributed by atoms with Crippen molar-refractivity contribution in [2.75, 3.05) is 5.32 Å². The molecule has 0 saturated carbocycles. The molecule has 3 rings (SSSR count). The minimum absolute atomic E-state index is 0.526. The molecule has 0 saturated heterocycles. The maximum atomic E-state index is 5.78. The minimum Gasteiger partial charge on any atom is -0.340 e. The van der Waals surface area contributed by atoms with E-state index in [1.807, 2.05) is 43.3 Å². The van der Waals surface area contributed by atoms with Crippen LogP contribution in [0.5, 0.6) is 0 Å². The highest BCUT2D eigenvalue weighted by Gasteiger charge is 2.04. The van der Waals surface area contributed by atoms with Gasteiger partial charge in [0.05, 0.1) is 0 Å². The molecule has 96 valence electrons. The SMILES string of the molecule is Cc1cc(Nc2ccc(CCl)cc2)n2ncnc2c1. The summed E-state index contributed by atoms with van der Waals surface area (Å²) in [5.74, 6) is 1.42. The number of fused-ring (bicyclic) bond motifs is 1. The first-order chi connectivity index (χ1) is 9.26. The molecule has 2 heterocycles. The van der Waals surface area contributed by atoms with E-state index in [1.165, 1.54) is 0 Å². The largest absolute Gasteiger partial charge is 0.340 e. The van der Waals surface area contributed by atoms with Gasteiger partial charge in [0.25, 0.3) is 0 Å². The van der Waals surface area contributed by atoms with Crippen molar-refractivity contribution in [3.05, 3.63) is 53.9 Å². The standard InChI is InChI=1S/C14H13ClN4/c1-10-6-13-16-9-17-19(13)14(7-10)18-12-4-2-11(8-15)3-5-12/h2-7,9,18H,8H2,1H3. The van der Waals surface area contributed by atoms with Gasteiger partial charge in [0.2, 0.25) is 0 Å². The van der Waals surface area contributed by atoms with Gasteiger partial charge in [0.15, 0.2) is 5.65 Å². The number of hydrogen-bond acceptors (Lipinski definition) is 3. The van der Waals surface area contributed by atoms with Gasteiger partial charge in [-0.05, 0) is 42.3 Å². The average molecular weight is 273 g/mol. The summed E-state index contributed by atoms with van der Waals surface area (Å²) in [6.45, 7) is 2.04. The quantitative estimate of drug-likeness (QED) is 0.742. The highest BCUT2D eigenvalue weighted by atomic mass is 35.5. The lowest BCUT2D eigenvalue weighted by molar-refractivity contribution is 0.965. The molecule has 19 heavy (non-hydrogen) atoms. The van der Waals surface area contributed by atoms with Crippen molar-refractivity contribution >= 4 is 28.8 Å². The number of pyridine rings is 1. The van der Waals surface area contributed by atoms with Crippen LogP contribution in [0.2, 0.25) is 0 Å². The van der Waals surface area contributed by atoms with Crippen molar-refractivity contribution in [1.82, 2.24) is 14.6 Å². The Morgan fingerprint density at radius 3 is 2.74 bits per heavy atom. The van der Waals surface area contributed by atoms with Gasteiger partial charge in [-0.1, -0.05) is 12.1 Å². The van der Waals surface area contributed by atoms with Crippen molar-refractivity contribution in [2.24, 2.45) is 0 Å². The summed E-state index contributed by atoms with van der Waals surface area (Å²) >= 11 is 5.78. The third-order valence-corrected chi connectivity index (χ3v) is 3.21. The number of benzene rings is 1. The minimum atomic E-state index is 0.526. The molecule has 5 heteroatoms. The molecule has 0 unspecified atom stereocenters. The normalized spacial score (nSPS) is 10.8. The van der Waals surface area contributed by atoms with Crippen molar-refractivity contribution in [2.45, 2.75) is 12.8 Å². The second-order valence-corrected chi connectivity index (χ2v) is 4.67. The van der Waals surface area contributed by atoms with E-state index < -0.39 is 0 Å². The van der Waals surface area contributed by atoms with Crippen LogP contribution in [0.4, 0.5) is 11.5 Å². The number of hydrogen-bond donors (Lipinski definition) is 1. The van der Waals surface area contributed by atoms with Crippen molar-refractivity contribution in [1.29, 1.82) is 0 Å². The molecule has 1 N–H and O–H groups in total. The molecule has 0 aliphatic carbocycles. The summed E-state index contributed by atoms with van der Waals surface area (Å²) in [6.07, 6.45) is 1.55. The fraction of sp³-hybridized carbons (Fsp3) is 0.143. The van der Waals surface area contributed by atoms with E-state index in [4.69, 9.17) is 11.6 Å². The Kier molecular flexibility index (Phi) is 3.09. The lowest BCUT2D eigenvalue weighted by atomic mass is 10.2. The Bertz CT molecular complexity index is 703. The Morgan fingerprint density at radius 2 is 2.00 bits per heavy atom. The number of halogens is 1. The zero-order valence-electron chi connectivity index (χ0n) is 10.5. The number of aryl methyl sites for hydroxylation is 1. The van der Waals surface area contributed by atoms with E-state index in [2.05, 4.69) is 15.4 Å². The number of alkyl halides is 1. The summed E-state index contributed by atoms with van der Waals surface area (Å²) in [7, 11) is 0. The zero-order valence-corrected chi connectivity index (χ0v) is 11.2. The maximum absolute atomic E-state index is 5.78. The van der Waals surface area contributed by atoms with E-state index >= 15 is 0 Å². The van der Waals surface area contributed by atoms with Crippen LogP contribution in [0.1, 0.15) is 11.1 Å². The zero-order chi connectivity index (χ0) is 13.2. The first kappa shape index (κ1) is 12.0. The maximum Gasteiger partial charge on any atom is 0.157 e. The highest BCUT2D eigenvalue weighted by Crippen LogP contribution is 2.19. The van der Waals surface area contributed by atoms with Crippen LogP contribution in [-0.4, -0.2) is 14.6 Å². The molecule has 0 radical (unpaired) electrons. The van der Waals surface area contributed by atoms with E-state index in [0.717, 1.165) is 28.3 Å². The Labute approximate surface area is 116 Å². The summed E-state index contributed by atoms with van der Waals surface area (Å²) in [5.41, 5.74) is 4.07. The molecule has 0 bridgehead atoms. The van der Waals surface area contributed by atoms with Crippen LogP contribution in [0.25, 0.3) is 5.65 Å². The summed E-state index contributed by atoms with van der Waals surface area (Å²) in [4.78, 5) is 4.20. The molecule has 0 amide bonds. The van der Waals surface area contributed by atoms with Gasteiger partial charge in [-0.15, -0.1) is 11.6 Å². The van der Waals surface area contributed by atoms with Crippen LogP contribution in [0.15, 0.2) is 42.7 Å². The second kappa shape index (κ2) is 4.90. The van der Waals surface area contributed by atoms with Crippen molar-refractivity contribution in [3.63, 3.8) is 0 Å². The molecule has 3 aromatic rings. The summed E-state index contributed by atoms with van der Waals surface area (Å²) in [6, 6.07) is 12.0. The number of nitrogens with zero attached hydrogens (tertiary/aromatic N) is 3. The number of rotatable bonds is 3. The Morgan fingerprint density at radius 1 is 1.21 bits per heavy atom. The van der Waals surface area contributed by atoms with Gasteiger partial charge in [-0.2, -0.15) is 9.61 Å². The van der Waals surface area contributed by atoms with E-state index in [1.54, 1.807) is 10.8 Å². The van der Waals surface area contributed by atoms with Gasteiger partial charge >= 0.3 is 0 Å². The van der Waals surface area contributed by atoms with Gasteiger partial charge in [0.1, 0.15) is 12.1 Å². The topological polar surface area (TPSA) is 42.2 Å². The van der Waals surface area contributed by atoms with Gasteiger partial charge in [-0.25, -0.2) is 4.98 Å². The predicted molar refractivity (Wildman–Crippen MR) is 77.0 cm³/mol. The van der Waals surface area contributed by atoms with Gasteiger partial charge in [-0.3, -0.25) is 0 Å². The van der Waals surface area contributed by atoms with Crippen molar-refractivity contribution < 1.29 is 0 Å². The molecule has 2 aromatic heterocycles. The molecule has 0 atom stereocenters. The fourth-order valence-electron chi connectivity index (χ4n) is 1.97. The lowest BCUT2D eigenvalue weighted by Crippen LogP contribution is -2.00. The summed E-state index contributed by atoms with van der Waals surface area (Å²) < 4.78 is 1.78. The third-order valence-electron chi connectivity index (χ3n) is 2.90. The number of anilines is 2. The Balaban J connectivity index is 1.97. The second-order valence-electron chi connectivity index (χ2n) is 4.40. The molecular formula is C14H13ClN4. The van der Waals surface area contributed by atoms with E-state index in [0.29, 0.717) is 5.88 Å². The number of aromatic nitrogens is 3. The smallest absolute Gasteiger partial charge is 0.157 e. The molecule has 0 aliphatic heterocycles. The first-order valence-corrected chi connectivity index (χ1v) is 6.52. The monoisotopic (exact) mass is 272 g/mol. The van der Waals surface area contributed by atoms with Crippen LogP contribution in [0, 0.1) is 6.92 Å². The fourth-order valence-corrected chi connectivity index (χ4v) is 2.15. The molecule has 0 fully saturated rings. The highest BCUT2D eigenvalue weighted by molar-refractivity contribution is 6.17. The average Bonchev–Trinajstić information content (AvgIpc) is 2.88. The van der Waals surface area contributed by atoms with Crippen LogP contribution < -0.4 is 5.32 Å². The molecular weight excluding hydrogens is 260 g/mol. The molecule has 0 aliphatic rings. The Hall–Kier alpha value is -2.07. The predicted octanol–water partition coefficient (Wildman–Crippen LogP) is 3.52. The van der Waals surface area contributed by atoms with E-state index in [-0.39, 0.29) is 0 Å². The van der Waals surface area contributed by atoms with Crippen LogP contribution in [-0.2, 0) is 5.88 Å². The van der Waals surface area contributed by atoms with Gasteiger partial charge in [0, 0.05) is 11.6 Å². The van der Waals surface area contributed by atoms with Crippen molar-refractivity contribution in [3.8, 4) is 0 Å². The van der Waals surface area contributed by atoms with Crippen LogP contribution in [0.3, 0.4) is 0 Å². The number of nitrogens with one attached hydrogen (secondary N) is 1. The molecule has 0 spiro atoms. The summed E-state index contributed by atoms with van der Waals surface area (Å²) in [5, 5.41) is 7.55. The van der Waals surface area contributed by atoms with Gasteiger partial charge < -0.3 is 5.32 Å². The van der Waals surface area contributed by atoms with E-state index in [9.17, 15) is 0 Å². The third kappa shape index (κ3) is 2.39. The lowest BCUT2D eigenvalue weighted by Gasteiger charge is -2.09. The molecule has 4 nitrogen and oxygen atoms in total. The molecule has 1 aromatic carbocycles.